The summed E-state index contributed by atoms with van der Waals surface area (Å²) in [6.07, 6.45) is 15.1. The topological polar surface area (TPSA) is 55.8 Å². The Morgan fingerprint density at radius 1 is 0.755 bits per heavy atom. The van der Waals surface area contributed by atoms with Crippen molar-refractivity contribution in [1.82, 2.24) is 0 Å². The zero-order valence-corrected chi connectivity index (χ0v) is 31.3. The fourth-order valence-electron chi connectivity index (χ4n) is 4.57. The maximum absolute atomic E-state index is 9.98. The third-order valence-electron chi connectivity index (χ3n) is 8.23. The molecule has 0 aromatic heterocycles. The normalized spacial score (nSPS) is 15.7. The Morgan fingerprint density at radius 2 is 1.22 bits per heavy atom. The van der Waals surface area contributed by atoms with Gasteiger partial charge in [-0.3, -0.25) is 0 Å². The number of carbonyl (C=O) groups is 1. The van der Waals surface area contributed by atoms with Crippen molar-refractivity contribution in [3.8, 4) is 0 Å². The van der Waals surface area contributed by atoms with Gasteiger partial charge in [-0.2, -0.15) is 0 Å². The van der Waals surface area contributed by atoms with E-state index in [1.165, 1.54) is 16.7 Å². The molecule has 0 bridgehead atoms. The quantitative estimate of drug-likeness (QED) is 0.0906. The molecule has 49 heavy (non-hydrogen) atoms. The van der Waals surface area contributed by atoms with Crippen LogP contribution in [0, 0.1) is 17.8 Å². The molecular formula is C44H61BO4. The predicted octanol–water partition coefficient (Wildman–Crippen LogP) is 10.7. The largest absolute Gasteiger partial charge is 0.461 e. The minimum Gasteiger partial charge on any atom is -0.403 e. The first kappa shape index (κ1) is 43.3. The van der Waals surface area contributed by atoms with Gasteiger partial charge in [0.05, 0.1) is 17.3 Å². The second kappa shape index (κ2) is 23.6. The summed E-state index contributed by atoms with van der Waals surface area (Å²) in [6, 6.07) is 30.8. The van der Waals surface area contributed by atoms with E-state index in [4.69, 9.17) is 9.31 Å². The fraction of sp³-hybridized carbons (Fsp3) is 0.386. The summed E-state index contributed by atoms with van der Waals surface area (Å²) in [5.74, 6) is 0.624. The molecule has 1 heterocycles. The molecule has 5 heteroatoms. The average molecular weight is 665 g/mol. The lowest BCUT2D eigenvalue weighted by atomic mass is 9.84. The molecule has 1 aliphatic rings. The van der Waals surface area contributed by atoms with Crippen LogP contribution in [0.15, 0.2) is 135 Å². The Hall–Kier alpha value is -3.77. The lowest BCUT2D eigenvalue weighted by Crippen LogP contribution is -2.41. The molecule has 0 amide bonds. The van der Waals surface area contributed by atoms with Crippen molar-refractivity contribution < 1.29 is 19.2 Å². The minimum atomic E-state index is -0.303. The number of carbonyl (C=O) groups excluding carboxylic acids is 1. The molecule has 1 N–H and O–H groups in total. The number of aliphatic hydroxyl groups excluding tert-OH is 1. The van der Waals surface area contributed by atoms with E-state index in [-0.39, 0.29) is 42.2 Å². The number of aliphatic hydroxyl groups is 1. The van der Waals surface area contributed by atoms with Crippen LogP contribution in [0.4, 0.5) is 0 Å². The lowest BCUT2D eigenvalue weighted by Gasteiger charge is -2.32. The van der Waals surface area contributed by atoms with Crippen LogP contribution in [0.3, 0.4) is 0 Å². The van der Waals surface area contributed by atoms with Gasteiger partial charge in [-0.1, -0.05) is 162 Å². The fourth-order valence-corrected chi connectivity index (χ4v) is 4.57. The van der Waals surface area contributed by atoms with Crippen molar-refractivity contribution in [2.75, 3.05) is 0 Å². The molecule has 2 atom stereocenters. The summed E-state index contributed by atoms with van der Waals surface area (Å²) in [4.78, 5) is 9.50. The van der Waals surface area contributed by atoms with E-state index in [9.17, 15) is 9.90 Å². The first-order valence-electron chi connectivity index (χ1n) is 17.4. The highest BCUT2D eigenvalue weighted by Crippen LogP contribution is 2.37. The van der Waals surface area contributed by atoms with Gasteiger partial charge in [0.2, 0.25) is 0 Å². The number of allylic oxidation sites excluding steroid dienone is 4. The van der Waals surface area contributed by atoms with Crippen molar-refractivity contribution >= 4 is 19.5 Å². The monoisotopic (exact) mass is 664 g/mol. The zero-order valence-electron chi connectivity index (χ0n) is 31.3. The second-order valence-electron chi connectivity index (χ2n) is 13.8. The Bertz CT molecular complexity index is 1350. The van der Waals surface area contributed by atoms with Gasteiger partial charge >= 0.3 is 7.12 Å². The van der Waals surface area contributed by atoms with Crippen LogP contribution >= 0.6 is 0 Å². The summed E-state index contributed by atoms with van der Waals surface area (Å²) in [5, 5.41) is 9.98. The van der Waals surface area contributed by atoms with Gasteiger partial charge in [0.15, 0.2) is 0 Å². The van der Waals surface area contributed by atoms with E-state index < -0.39 is 0 Å². The van der Waals surface area contributed by atoms with Gasteiger partial charge in [-0.25, -0.2) is 0 Å². The maximum Gasteiger partial charge on any atom is 0.461 e. The van der Waals surface area contributed by atoms with Crippen LogP contribution in [0.5, 0.6) is 0 Å². The third-order valence-corrected chi connectivity index (χ3v) is 8.23. The average Bonchev–Trinajstić information content (AvgIpc) is 3.31. The standard InChI is InChI=1S/C16H23BO2.C14H20O.C10H10.C4H8O/c1-15(2)16(3,4)19-17(18-15)13-9-8-12-14-10-6-5-7-11-14;1-4-13(14(15)11(2)3)10-12-8-6-5-7-9-12;1-2-3-7-10-8-5-4-6-9-10;1-4(2)3-5/h5-11H,12-13H2,1-4H3;4-9,11,13-15H,1,10H2,2-3H3;2-9H,1H2;3-4H,1-2H3/b9-8-;;7-3+;/t;13-,14+;;/m.1../s1. The second-order valence-corrected chi connectivity index (χ2v) is 13.8. The van der Waals surface area contributed by atoms with Crippen LogP contribution in [0.1, 0.15) is 72.1 Å². The Labute approximate surface area is 298 Å². The maximum atomic E-state index is 9.98. The number of benzene rings is 3. The number of hydrogen-bond acceptors (Lipinski definition) is 4. The Balaban J connectivity index is 0.000000357. The minimum absolute atomic E-state index is 0.128. The van der Waals surface area contributed by atoms with Crippen molar-refractivity contribution in [1.29, 1.82) is 0 Å². The molecule has 0 unspecified atom stereocenters. The van der Waals surface area contributed by atoms with Crippen molar-refractivity contribution in [2.24, 2.45) is 17.8 Å². The summed E-state index contributed by atoms with van der Waals surface area (Å²) >= 11 is 0. The van der Waals surface area contributed by atoms with Gasteiger partial charge < -0.3 is 19.2 Å². The van der Waals surface area contributed by atoms with Crippen LogP contribution in [0.2, 0.25) is 6.32 Å². The van der Waals surface area contributed by atoms with E-state index in [1.54, 1.807) is 6.08 Å². The van der Waals surface area contributed by atoms with Crippen LogP contribution in [0.25, 0.3) is 6.08 Å². The van der Waals surface area contributed by atoms with Gasteiger partial charge in [0.25, 0.3) is 0 Å². The summed E-state index contributed by atoms with van der Waals surface area (Å²) in [7, 11) is -0.128. The van der Waals surface area contributed by atoms with E-state index in [0.717, 1.165) is 25.4 Å². The highest BCUT2D eigenvalue weighted by Gasteiger charge is 2.50. The molecule has 264 valence electrons. The molecule has 4 nitrogen and oxygen atoms in total. The predicted molar refractivity (Wildman–Crippen MR) is 211 cm³/mol. The molecular weight excluding hydrogens is 603 g/mol. The molecule has 3 aromatic carbocycles. The highest BCUT2D eigenvalue weighted by molar-refractivity contribution is 6.46. The molecule has 4 rings (SSSR count). The Kier molecular flexibility index (Phi) is 20.8. The highest BCUT2D eigenvalue weighted by atomic mass is 16.7. The first-order valence-corrected chi connectivity index (χ1v) is 17.4. The zero-order chi connectivity index (χ0) is 36.7. The Morgan fingerprint density at radius 3 is 1.65 bits per heavy atom. The van der Waals surface area contributed by atoms with E-state index in [0.29, 0.717) is 0 Å². The number of hydrogen-bond donors (Lipinski definition) is 1. The molecule has 0 saturated carbocycles. The lowest BCUT2D eigenvalue weighted by molar-refractivity contribution is -0.110. The first-order chi connectivity index (χ1) is 23.3. The van der Waals surface area contributed by atoms with Gasteiger partial charge in [0, 0.05) is 18.2 Å². The molecule has 0 aliphatic carbocycles. The molecule has 0 spiro atoms. The van der Waals surface area contributed by atoms with Gasteiger partial charge in [-0.15, -0.1) is 6.58 Å². The van der Waals surface area contributed by atoms with E-state index >= 15 is 0 Å². The van der Waals surface area contributed by atoms with E-state index in [2.05, 4.69) is 102 Å². The number of aldehydes is 1. The summed E-state index contributed by atoms with van der Waals surface area (Å²) < 4.78 is 11.9. The van der Waals surface area contributed by atoms with Gasteiger partial charge in [0.1, 0.15) is 6.29 Å². The molecule has 3 aromatic rings. The van der Waals surface area contributed by atoms with Crippen LogP contribution in [-0.4, -0.2) is 35.8 Å². The van der Waals surface area contributed by atoms with Crippen LogP contribution in [-0.2, 0) is 26.9 Å². The van der Waals surface area contributed by atoms with Crippen LogP contribution < -0.4 is 0 Å². The molecule has 1 fully saturated rings. The summed E-state index contributed by atoms with van der Waals surface area (Å²) in [5.41, 5.74) is 3.33. The summed E-state index contributed by atoms with van der Waals surface area (Å²) in [6.45, 7) is 23.5. The van der Waals surface area contributed by atoms with Gasteiger partial charge in [-0.05, 0) is 63.1 Å². The van der Waals surface area contributed by atoms with Crippen molar-refractivity contribution in [3.63, 3.8) is 0 Å². The smallest absolute Gasteiger partial charge is 0.403 e. The number of rotatable bonds is 12. The SMILES string of the molecule is C=C/C=C/c1ccccc1.C=C[C@H](Cc1ccccc1)[C@@H](O)C(C)C.CC(C)C=O.CC1(C)OB(C/C=C\Cc2ccccc2)OC1(C)C. The third kappa shape index (κ3) is 18.0. The molecule has 1 saturated heterocycles. The molecule has 0 radical (unpaired) electrons. The molecule has 1 aliphatic heterocycles. The van der Waals surface area contributed by atoms with Crippen molar-refractivity contribution in [3.05, 3.63) is 151 Å². The van der Waals surface area contributed by atoms with Crippen molar-refractivity contribution in [2.45, 2.75) is 91.9 Å². The van der Waals surface area contributed by atoms with E-state index in [1.807, 2.05) is 88.4 Å².